The summed E-state index contributed by atoms with van der Waals surface area (Å²) in [4.78, 5) is 1.13. The fraction of sp³-hybridized carbons (Fsp3) is 0.444. The minimum absolute atomic E-state index is 0.145. The first-order chi connectivity index (χ1) is 12.5. The van der Waals surface area contributed by atoms with Crippen molar-refractivity contribution in [1.29, 1.82) is 0 Å². The molecule has 2 aliphatic heterocycles. The molecule has 4 N–H and O–H groups in total. The molecule has 1 spiro atoms. The summed E-state index contributed by atoms with van der Waals surface area (Å²) >= 11 is 8.03. The zero-order valence-electron chi connectivity index (χ0n) is 13.7. The maximum absolute atomic E-state index is 10.6. The molecule has 1 unspecified atom stereocenters. The lowest BCUT2D eigenvalue weighted by Gasteiger charge is -2.46. The molecule has 0 bridgehead atoms. The van der Waals surface area contributed by atoms with Crippen LogP contribution in [0.5, 0.6) is 0 Å². The zero-order valence-corrected chi connectivity index (χ0v) is 15.3. The van der Waals surface area contributed by atoms with Crippen LogP contribution in [0.1, 0.15) is 21.6 Å². The Kier molecular flexibility index (Phi) is 4.83. The topological polar surface area (TPSA) is 99.4 Å². The van der Waals surface area contributed by atoms with Crippen molar-refractivity contribution in [3.8, 4) is 0 Å². The van der Waals surface area contributed by atoms with Gasteiger partial charge in [0.1, 0.15) is 24.4 Å². The summed E-state index contributed by atoms with van der Waals surface area (Å²) in [7, 11) is 0. The average molecular weight is 399 g/mol. The molecule has 26 heavy (non-hydrogen) atoms. The van der Waals surface area contributed by atoms with E-state index < -0.39 is 36.8 Å². The van der Waals surface area contributed by atoms with Crippen molar-refractivity contribution in [2.24, 2.45) is 0 Å². The first-order valence-corrected chi connectivity index (χ1v) is 9.53. The van der Waals surface area contributed by atoms with Gasteiger partial charge in [-0.3, -0.25) is 0 Å². The number of thiophene rings is 1. The largest absolute Gasteiger partial charge is 0.394 e. The van der Waals surface area contributed by atoms with Gasteiger partial charge in [-0.1, -0.05) is 17.7 Å². The van der Waals surface area contributed by atoms with Gasteiger partial charge in [-0.05, 0) is 34.7 Å². The number of aliphatic hydroxyl groups excluding tert-OH is 4. The maximum atomic E-state index is 10.6. The van der Waals surface area contributed by atoms with E-state index in [1.54, 1.807) is 17.4 Å². The lowest BCUT2D eigenvalue weighted by Crippen LogP contribution is -2.63. The van der Waals surface area contributed by atoms with Crippen molar-refractivity contribution < 1.29 is 29.9 Å². The second-order valence-corrected chi connectivity index (χ2v) is 8.02. The first-order valence-electron chi connectivity index (χ1n) is 8.27. The Labute approximate surface area is 159 Å². The summed E-state index contributed by atoms with van der Waals surface area (Å²) in [6, 6.07) is 7.56. The Morgan fingerprint density at radius 3 is 2.73 bits per heavy atom. The number of halogens is 1. The molecule has 0 amide bonds. The quantitative estimate of drug-likeness (QED) is 0.619. The molecule has 3 heterocycles. The number of hydrogen-bond donors (Lipinski definition) is 4. The molecule has 6 nitrogen and oxygen atoms in total. The van der Waals surface area contributed by atoms with Crippen LogP contribution in [0, 0.1) is 0 Å². The average Bonchev–Trinajstić information content (AvgIpc) is 3.26. The van der Waals surface area contributed by atoms with E-state index in [1.165, 1.54) is 0 Å². The SMILES string of the molecule is OC[C@H]1OC2(OCc3cc(Cl)c(Cc4cccs4)cc32)[C@H](O)[C@@H](O)[C@@H]1O. The van der Waals surface area contributed by atoms with E-state index in [0.717, 1.165) is 16.0 Å². The van der Waals surface area contributed by atoms with Crippen LogP contribution >= 0.6 is 22.9 Å². The second kappa shape index (κ2) is 6.85. The highest BCUT2D eigenvalue weighted by atomic mass is 35.5. The standard InChI is InChI=1S/C18H19ClO6S/c19-13-6-10-8-24-18(17(23)16(22)15(21)14(7-20)25-18)12(10)5-9(13)4-11-2-1-3-26-11/h1-3,5-6,14-17,20-23H,4,7-8H2/t14-,15-,16+,17-,18?/m1/s1. The zero-order chi connectivity index (χ0) is 18.5. The highest BCUT2D eigenvalue weighted by Crippen LogP contribution is 2.47. The predicted octanol–water partition coefficient (Wildman–Crippen LogP) is 1.15. The fourth-order valence-electron chi connectivity index (χ4n) is 3.59. The van der Waals surface area contributed by atoms with E-state index in [2.05, 4.69) is 0 Å². The van der Waals surface area contributed by atoms with Crippen LogP contribution < -0.4 is 0 Å². The Hall–Kier alpha value is -1.03. The third-order valence-corrected chi connectivity index (χ3v) is 6.21. The van der Waals surface area contributed by atoms with E-state index in [0.29, 0.717) is 17.0 Å². The fourth-order valence-corrected chi connectivity index (χ4v) is 4.57. The van der Waals surface area contributed by atoms with Crippen molar-refractivity contribution in [3.63, 3.8) is 0 Å². The van der Waals surface area contributed by atoms with E-state index in [1.807, 2.05) is 23.6 Å². The highest BCUT2D eigenvalue weighted by molar-refractivity contribution is 7.09. The van der Waals surface area contributed by atoms with E-state index >= 15 is 0 Å². The number of fused-ring (bicyclic) bond motifs is 2. The lowest BCUT2D eigenvalue weighted by atomic mass is 9.86. The molecule has 2 aromatic rings. The Morgan fingerprint density at radius 1 is 1.23 bits per heavy atom. The molecule has 2 aliphatic rings. The van der Waals surface area contributed by atoms with Crippen molar-refractivity contribution in [2.45, 2.75) is 43.2 Å². The maximum Gasteiger partial charge on any atom is 0.225 e. The van der Waals surface area contributed by atoms with Crippen LogP contribution in [0.4, 0.5) is 0 Å². The van der Waals surface area contributed by atoms with Crippen molar-refractivity contribution >= 4 is 22.9 Å². The van der Waals surface area contributed by atoms with E-state index in [9.17, 15) is 20.4 Å². The summed E-state index contributed by atoms with van der Waals surface area (Å²) in [5.41, 5.74) is 2.14. The third-order valence-electron chi connectivity index (χ3n) is 4.98. The molecule has 1 aromatic carbocycles. The summed E-state index contributed by atoms with van der Waals surface area (Å²) in [6.45, 7) is -0.368. The molecule has 0 radical (unpaired) electrons. The van der Waals surface area contributed by atoms with E-state index in [4.69, 9.17) is 21.1 Å². The minimum Gasteiger partial charge on any atom is -0.394 e. The molecule has 0 saturated carbocycles. The number of aliphatic hydroxyl groups is 4. The Morgan fingerprint density at radius 2 is 2.04 bits per heavy atom. The van der Waals surface area contributed by atoms with Gasteiger partial charge in [-0.15, -0.1) is 11.3 Å². The van der Waals surface area contributed by atoms with Crippen molar-refractivity contribution in [2.75, 3.05) is 6.61 Å². The lowest BCUT2D eigenvalue weighted by molar-refractivity contribution is -0.368. The number of hydrogen-bond acceptors (Lipinski definition) is 7. The molecule has 1 aromatic heterocycles. The molecule has 1 fully saturated rings. The first kappa shape index (κ1) is 18.3. The van der Waals surface area contributed by atoms with Gasteiger partial charge in [0.25, 0.3) is 0 Å². The van der Waals surface area contributed by atoms with Crippen LogP contribution in [0.15, 0.2) is 29.6 Å². The van der Waals surface area contributed by atoms with Crippen LogP contribution in [-0.4, -0.2) is 51.4 Å². The van der Waals surface area contributed by atoms with Gasteiger partial charge in [-0.2, -0.15) is 0 Å². The smallest absolute Gasteiger partial charge is 0.225 e. The molecule has 5 atom stereocenters. The van der Waals surface area contributed by atoms with Gasteiger partial charge in [0, 0.05) is 21.9 Å². The Bertz CT molecular complexity index is 795. The molecule has 140 valence electrons. The van der Waals surface area contributed by atoms with Crippen molar-refractivity contribution in [1.82, 2.24) is 0 Å². The number of rotatable bonds is 3. The third kappa shape index (κ3) is 2.80. The van der Waals surface area contributed by atoms with Crippen molar-refractivity contribution in [3.05, 3.63) is 56.2 Å². The molecule has 4 rings (SSSR count). The minimum atomic E-state index is -1.64. The molecular weight excluding hydrogens is 380 g/mol. The van der Waals surface area contributed by atoms with Gasteiger partial charge in [0.2, 0.25) is 5.79 Å². The molecule has 0 aliphatic carbocycles. The highest BCUT2D eigenvalue weighted by Gasteiger charge is 2.58. The number of ether oxygens (including phenoxy) is 2. The van der Waals surface area contributed by atoms with Gasteiger partial charge >= 0.3 is 0 Å². The van der Waals surface area contributed by atoms with Gasteiger partial charge in [0.15, 0.2) is 0 Å². The van der Waals surface area contributed by atoms with Crippen LogP contribution in [0.25, 0.3) is 0 Å². The number of benzene rings is 1. The summed E-state index contributed by atoms with van der Waals surface area (Å²) < 4.78 is 11.5. The normalized spacial score (nSPS) is 33.6. The van der Waals surface area contributed by atoms with Gasteiger partial charge in [-0.25, -0.2) is 0 Å². The van der Waals surface area contributed by atoms with Crippen LogP contribution in [0.3, 0.4) is 0 Å². The molecule has 1 saturated heterocycles. The van der Waals surface area contributed by atoms with Crippen LogP contribution in [-0.2, 0) is 28.3 Å². The molecular formula is C18H19ClO6S. The summed E-state index contributed by atoms with van der Waals surface area (Å²) in [5.74, 6) is -1.64. The predicted molar refractivity (Wildman–Crippen MR) is 95.0 cm³/mol. The van der Waals surface area contributed by atoms with Gasteiger partial charge in [0.05, 0.1) is 13.2 Å². The summed E-state index contributed by atoms with van der Waals surface area (Å²) in [5, 5.41) is 42.9. The summed E-state index contributed by atoms with van der Waals surface area (Å²) in [6.07, 6.45) is -4.88. The second-order valence-electron chi connectivity index (χ2n) is 6.58. The molecule has 8 heteroatoms. The van der Waals surface area contributed by atoms with Gasteiger partial charge < -0.3 is 29.9 Å². The Balaban J connectivity index is 1.76. The van der Waals surface area contributed by atoms with E-state index in [-0.39, 0.29) is 6.61 Å². The van der Waals surface area contributed by atoms with Crippen LogP contribution in [0.2, 0.25) is 5.02 Å². The monoisotopic (exact) mass is 398 g/mol.